The smallest absolute Gasteiger partial charge is 0.0849 e. The Morgan fingerprint density at radius 3 is 2.81 bits per heavy atom. The molecule has 0 saturated heterocycles. The van der Waals surface area contributed by atoms with Gasteiger partial charge in [0.2, 0.25) is 0 Å². The van der Waals surface area contributed by atoms with E-state index in [2.05, 4.69) is 23.9 Å². The van der Waals surface area contributed by atoms with Gasteiger partial charge in [-0.1, -0.05) is 48.5 Å². The minimum atomic E-state index is 0.598. The van der Waals surface area contributed by atoms with Crippen molar-refractivity contribution in [3.05, 3.63) is 35.4 Å². The summed E-state index contributed by atoms with van der Waals surface area (Å²) in [7, 11) is 0. The molecule has 84 valence electrons. The highest BCUT2D eigenvalue weighted by molar-refractivity contribution is 6.00. The van der Waals surface area contributed by atoms with E-state index in [1.54, 1.807) is 6.92 Å². The first-order chi connectivity index (χ1) is 7.79. The minimum Gasteiger partial charge on any atom is -0.411 e. The van der Waals surface area contributed by atoms with Gasteiger partial charge < -0.3 is 5.21 Å². The van der Waals surface area contributed by atoms with Crippen molar-refractivity contribution in [3.8, 4) is 11.8 Å². The van der Waals surface area contributed by atoms with Crippen LogP contribution in [0.2, 0.25) is 0 Å². The van der Waals surface area contributed by atoms with Gasteiger partial charge in [0, 0.05) is 17.5 Å². The number of oxime groups is 1. The summed E-state index contributed by atoms with van der Waals surface area (Å²) in [6, 6.07) is 7.72. The Balaban J connectivity index is 2.90. The van der Waals surface area contributed by atoms with Crippen LogP contribution in [0.3, 0.4) is 0 Å². The Hall–Kier alpha value is -1.75. The summed E-state index contributed by atoms with van der Waals surface area (Å²) in [5.74, 6) is 6.26. The van der Waals surface area contributed by atoms with Crippen LogP contribution in [0.4, 0.5) is 0 Å². The molecule has 0 amide bonds. The number of nitrogens with zero attached hydrogens (tertiary/aromatic N) is 1. The fraction of sp³-hybridized carbons (Fsp3) is 0.357. The maximum Gasteiger partial charge on any atom is 0.0849 e. The molecule has 0 aliphatic carbocycles. The molecular weight excluding hydrogens is 198 g/mol. The highest BCUT2D eigenvalue weighted by Crippen LogP contribution is 2.08. The van der Waals surface area contributed by atoms with Crippen molar-refractivity contribution in [2.45, 2.75) is 33.1 Å². The average Bonchev–Trinajstić information content (AvgIpc) is 2.34. The Labute approximate surface area is 97.0 Å². The zero-order chi connectivity index (χ0) is 11.8. The van der Waals surface area contributed by atoms with Gasteiger partial charge >= 0.3 is 0 Å². The van der Waals surface area contributed by atoms with Crippen LogP contribution in [0.5, 0.6) is 0 Å². The second-order valence-corrected chi connectivity index (χ2v) is 3.64. The standard InChI is InChI=1S/C14H17NO/c1-3-4-5-6-9-13-10-7-8-11-14(13)12(2)15-16/h7-8,10-11,16H,3-5H2,1-2H3/b15-12-. The van der Waals surface area contributed by atoms with Crippen LogP contribution >= 0.6 is 0 Å². The molecular formula is C14H17NO. The summed E-state index contributed by atoms with van der Waals surface area (Å²) in [5.41, 5.74) is 2.42. The number of hydrogen-bond donors (Lipinski definition) is 1. The summed E-state index contributed by atoms with van der Waals surface area (Å²) < 4.78 is 0. The van der Waals surface area contributed by atoms with Gasteiger partial charge in [0.1, 0.15) is 0 Å². The van der Waals surface area contributed by atoms with E-state index in [4.69, 9.17) is 5.21 Å². The van der Waals surface area contributed by atoms with E-state index in [1.165, 1.54) is 0 Å². The van der Waals surface area contributed by atoms with Crippen molar-refractivity contribution >= 4 is 5.71 Å². The molecule has 1 aromatic carbocycles. The molecule has 0 aromatic heterocycles. The quantitative estimate of drug-likeness (QED) is 0.271. The van der Waals surface area contributed by atoms with Crippen LogP contribution in [-0.4, -0.2) is 10.9 Å². The number of benzene rings is 1. The van der Waals surface area contributed by atoms with Gasteiger partial charge in [-0.3, -0.25) is 0 Å². The van der Waals surface area contributed by atoms with E-state index in [-0.39, 0.29) is 0 Å². The second kappa shape index (κ2) is 6.68. The molecule has 0 bridgehead atoms. The zero-order valence-corrected chi connectivity index (χ0v) is 9.83. The minimum absolute atomic E-state index is 0.598. The molecule has 0 aliphatic rings. The molecule has 0 atom stereocenters. The molecule has 2 nitrogen and oxygen atoms in total. The Morgan fingerprint density at radius 2 is 2.12 bits per heavy atom. The van der Waals surface area contributed by atoms with E-state index in [9.17, 15) is 0 Å². The molecule has 0 saturated carbocycles. The van der Waals surface area contributed by atoms with Crippen molar-refractivity contribution < 1.29 is 5.21 Å². The molecule has 0 radical (unpaired) electrons. The third kappa shape index (κ3) is 3.43. The summed E-state index contributed by atoms with van der Waals surface area (Å²) in [6.07, 6.45) is 3.20. The van der Waals surface area contributed by atoms with Crippen LogP contribution < -0.4 is 0 Å². The lowest BCUT2D eigenvalue weighted by atomic mass is 10.0. The van der Waals surface area contributed by atoms with Crippen LogP contribution in [-0.2, 0) is 0 Å². The van der Waals surface area contributed by atoms with Gasteiger partial charge in [0.25, 0.3) is 0 Å². The molecule has 0 heterocycles. The molecule has 1 N–H and O–H groups in total. The lowest BCUT2D eigenvalue weighted by molar-refractivity contribution is 0.319. The van der Waals surface area contributed by atoms with Crippen LogP contribution in [0.25, 0.3) is 0 Å². The first-order valence-corrected chi connectivity index (χ1v) is 5.56. The summed E-state index contributed by atoms with van der Waals surface area (Å²) in [5, 5.41) is 12.0. The van der Waals surface area contributed by atoms with Crippen LogP contribution in [0, 0.1) is 11.8 Å². The molecule has 1 aromatic rings. The third-order valence-electron chi connectivity index (χ3n) is 2.35. The largest absolute Gasteiger partial charge is 0.411 e. The predicted octanol–water partition coefficient (Wildman–Crippen LogP) is 3.43. The Morgan fingerprint density at radius 1 is 1.38 bits per heavy atom. The van der Waals surface area contributed by atoms with E-state index >= 15 is 0 Å². The second-order valence-electron chi connectivity index (χ2n) is 3.64. The Bertz CT molecular complexity index is 424. The number of unbranched alkanes of at least 4 members (excludes halogenated alkanes) is 2. The highest BCUT2D eigenvalue weighted by atomic mass is 16.4. The van der Waals surface area contributed by atoms with Crippen molar-refractivity contribution in [2.75, 3.05) is 0 Å². The monoisotopic (exact) mass is 215 g/mol. The maximum atomic E-state index is 8.76. The van der Waals surface area contributed by atoms with Crippen LogP contribution in [0.1, 0.15) is 44.2 Å². The van der Waals surface area contributed by atoms with Gasteiger partial charge in [-0.05, 0) is 19.4 Å². The summed E-state index contributed by atoms with van der Waals surface area (Å²) in [6.45, 7) is 3.92. The first-order valence-electron chi connectivity index (χ1n) is 5.56. The summed E-state index contributed by atoms with van der Waals surface area (Å²) in [4.78, 5) is 0. The molecule has 0 fully saturated rings. The predicted molar refractivity (Wildman–Crippen MR) is 66.8 cm³/mol. The maximum absolute atomic E-state index is 8.76. The first kappa shape index (κ1) is 12.3. The molecule has 16 heavy (non-hydrogen) atoms. The average molecular weight is 215 g/mol. The van der Waals surface area contributed by atoms with E-state index in [1.807, 2.05) is 24.3 Å². The lowest BCUT2D eigenvalue weighted by Crippen LogP contribution is -1.97. The zero-order valence-electron chi connectivity index (χ0n) is 9.83. The topological polar surface area (TPSA) is 32.6 Å². The summed E-state index contributed by atoms with van der Waals surface area (Å²) >= 11 is 0. The van der Waals surface area contributed by atoms with Crippen molar-refractivity contribution in [3.63, 3.8) is 0 Å². The fourth-order valence-corrected chi connectivity index (χ4v) is 1.38. The molecule has 1 rings (SSSR count). The molecule has 0 spiro atoms. The van der Waals surface area contributed by atoms with Gasteiger partial charge in [-0.25, -0.2) is 0 Å². The lowest BCUT2D eigenvalue weighted by Gasteiger charge is -2.01. The van der Waals surface area contributed by atoms with Gasteiger partial charge in [-0.15, -0.1) is 0 Å². The fourth-order valence-electron chi connectivity index (χ4n) is 1.38. The molecule has 0 unspecified atom stereocenters. The SMILES string of the molecule is CCCCC#Cc1ccccc1/C(C)=N\O. The highest BCUT2D eigenvalue weighted by Gasteiger charge is 2.02. The van der Waals surface area contributed by atoms with Gasteiger partial charge in [-0.2, -0.15) is 0 Å². The van der Waals surface area contributed by atoms with E-state index in [0.29, 0.717) is 5.71 Å². The molecule has 2 heteroatoms. The van der Waals surface area contributed by atoms with Crippen molar-refractivity contribution in [1.82, 2.24) is 0 Å². The third-order valence-corrected chi connectivity index (χ3v) is 2.35. The van der Waals surface area contributed by atoms with Crippen LogP contribution in [0.15, 0.2) is 29.4 Å². The normalized spacial score (nSPS) is 10.8. The number of rotatable bonds is 3. The van der Waals surface area contributed by atoms with Crippen molar-refractivity contribution in [1.29, 1.82) is 0 Å². The van der Waals surface area contributed by atoms with E-state index in [0.717, 1.165) is 30.4 Å². The van der Waals surface area contributed by atoms with Crippen molar-refractivity contribution in [2.24, 2.45) is 5.16 Å². The number of hydrogen-bond acceptors (Lipinski definition) is 2. The molecule has 0 aliphatic heterocycles. The Kier molecular flexibility index (Phi) is 5.15. The van der Waals surface area contributed by atoms with Gasteiger partial charge in [0.15, 0.2) is 0 Å². The van der Waals surface area contributed by atoms with Gasteiger partial charge in [0.05, 0.1) is 5.71 Å². The van der Waals surface area contributed by atoms with E-state index < -0.39 is 0 Å².